The number of fused-ring (bicyclic) bond motifs is 1. The fraction of sp³-hybridized carbons (Fsp3) is 0.222. The molecule has 0 bridgehead atoms. The Morgan fingerprint density at radius 1 is 1.07 bits per heavy atom. The highest BCUT2D eigenvalue weighted by atomic mass is 35.5. The molecule has 0 aliphatic rings. The number of aromatic nitrogens is 2. The number of nitrogens with zero attached hydrogens (tertiary/aromatic N) is 2. The molecule has 2 aromatic heterocycles. The van der Waals surface area contributed by atoms with E-state index in [0.717, 1.165) is 0 Å². The van der Waals surface area contributed by atoms with E-state index in [1.54, 1.807) is 6.07 Å². The van der Waals surface area contributed by atoms with Gasteiger partial charge in [0.05, 0.1) is 30.0 Å². The lowest BCUT2D eigenvalue weighted by molar-refractivity contribution is -0.115. The van der Waals surface area contributed by atoms with Gasteiger partial charge in [0.25, 0.3) is 0 Å². The van der Waals surface area contributed by atoms with Gasteiger partial charge in [0, 0.05) is 28.6 Å². The number of halogens is 5. The summed E-state index contributed by atoms with van der Waals surface area (Å²) in [4.78, 5) is 8.30. The molecule has 11 heteroatoms. The van der Waals surface area contributed by atoms with Crippen LogP contribution in [0, 0.1) is 0 Å². The Hall–Kier alpha value is -2.65. The van der Waals surface area contributed by atoms with Gasteiger partial charge in [0.15, 0.2) is 0 Å². The number of nitrogen functional groups attached to an aromatic ring is 1. The minimum Gasteiger partial charge on any atom is -0.495 e. The zero-order valence-electron chi connectivity index (χ0n) is 15.2. The molecule has 0 saturated heterocycles. The van der Waals surface area contributed by atoms with Crippen molar-refractivity contribution in [3.63, 3.8) is 0 Å². The summed E-state index contributed by atoms with van der Waals surface area (Å²) >= 11 is 12.8. The second-order valence-electron chi connectivity index (χ2n) is 5.94. The molecule has 0 saturated carbocycles. The second kappa shape index (κ2) is 8.00. The zero-order valence-corrected chi connectivity index (χ0v) is 16.7. The first-order valence-corrected chi connectivity index (χ1v) is 8.87. The summed E-state index contributed by atoms with van der Waals surface area (Å²) in [5, 5.41) is 3.42. The summed E-state index contributed by atoms with van der Waals surface area (Å²) in [5.74, 6) is 0.633. The highest BCUT2D eigenvalue weighted by molar-refractivity contribution is 6.41. The fourth-order valence-corrected chi connectivity index (χ4v) is 3.41. The van der Waals surface area contributed by atoms with Crippen LogP contribution >= 0.6 is 23.2 Å². The van der Waals surface area contributed by atoms with Crippen molar-refractivity contribution in [3.05, 3.63) is 34.4 Å². The van der Waals surface area contributed by atoms with E-state index in [9.17, 15) is 13.2 Å². The maximum Gasteiger partial charge on any atom is 0.405 e. The minimum atomic E-state index is -4.45. The van der Waals surface area contributed by atoms with Gasteiger partial charge in [-0.2, -0.15) is 13.2 Å². The average Bonchev–Trinajstić information content (AvgIpc) is 2.66. The molecule has 6 nitrogen and oxygen atoms in total. The lowest BCUT2D eigenvalue weighted by Gasteiger charge is -2.17. The quantitative estimate of drug-likeness (QED) is 0.561. The summed E-state index contributed by atoms with van der Waals surface area (Å²) in [6.45, 7) is -1.29. The van der Waals surface area contributed by atoms with Gasteiger partial charge in [-0.15, -0.1) is 0 Å². The predicted molar refractivity (Wildman–Crippen MR) is 107 cm³/mol. The molecule has 0 amide bonds. The number of ether oxygens (including phenoxy) is 2. The van der Waals surface area contributed by atoms with Gasteiger partial charge in [-0.3, -0.25) is 0 Å². The molecule has 2 heterocycles. The Morgan fingerprint density at radius 3 is 2.24 bits per heavy atom. The highest BCUT2D eigenvalue weighted by Crippen LogP contribution is 2.46. The topological polar surface area (TPSA) is 82.3 Å². The van der Waals surface area contributed by atoms with Crippen molar-refractivity contribution in [1.82, 2.24) is 9.97 Å². The molecule has 0 aliphatic carbocycles. The number of hydrogen-bond donors (Lipinski definition) is 2. The zero-order chi connectivity index (χ0) is 21.3. The third kappa shape index (κ3) is 4.35. The van der Waals surface area contributed by atoms with Crippen molar-refractivity contribution < 1.29 is 22.6 Å². The molecule has 0 unspecified atom stereocenters. The van der Waals surface area contributed by atoms with Crippen LogP contribution in [0.1, 0.15) is 0 Å². The van der Waals surface area contributed by atoms with Gasteiger partial charge < -0.3 is 20.5 Å². The predicted octanol–water partition coefficient (Wildman–Crippen LogP) is 5.18. The molecule has 0 radical (unpaired) electrons. The van der Waals surface area contributed by atoms with Gasteiger partial charge in [-0.1, -0.05) is 23.2 Å². The number of methoxy groups -OCH3 is 2. The number of rotatable bonds is 5. The Morgan fingerprint density at radius 2 is 1.69 bits per heavy atom. The largest absolute Gasteiger partial charge is 0.495 e. The Kier molecular flexibility index (Phi) is 5.81. The van der Waals surface area contributed by atoms with E-state index < -0.39 is 12.7 Å². The number of nitrogens with one attached hydrogen (secondary N) is 1. The molecule has 29 heavy (non-hydrogen) atoms. The van der Waals surface area contributed by atoms with E-state index in [0.29, 0.717) is 10.8 Å². The maximum absolute atomic E-state index is 12.8. The summed E-state index contributed by atoms with van der Waals surface area (Å²) in [6.07, 6.45) is -3.02. The molecule has 3 aromatic rings. The first-order valence-electron chi connectivity index (χ1n) is 8.12. The first kappa shape index (κ1) is 21.1. The normalized spacial score (nSPS) is 11.6. The summed E-state index contributed by atoms with van der Waals surface area (Å²) in [5.41, 5.74) is 6.14. The Balaban J connectivity index is 2.27. The third-order valence-corrected chi connectivity index (χ3v) is 4.77. The van der Waals surface area contributed by atoms with Gasteiger partial charge in [0.1, 0.15) is 29.7 Å². The van der Waals surface area contributed by atoms with Gasteiger partial charge in [0.2, 0.25) is 0 Å². The molecule has 3 rings (SSSR count). The van der Waals surface area contributed by atoms with Gasteiger partial charge in [-0.05, 0) is 12.1 Å². The van der Waals surface area contributed by atoms with Gasteiger partial charge in [-0.25, -0.2) is 9.97 Å². The minimum absolute atomic E-state index is 0.0437. The molecule has 0 spiro atoms. The fourth-order valence-electron chi connectivity index (χ4n) is 2.72. The van der Waals surface area contributed by atoms with Crippen molar-refractivity contribution in [1.29, 1.82) is 0 Å². The second-order valence-corrected chi connectivity index (χ2v) is 6.70. The van der Waals surface area contributed by atoms with Crippen molar-refractivity contribution in [2.75, 3.05) is 31.8 Å². The van der Waals surface area contributed by atoms with Crippen LogP contribution in [0.15, 0.2) is 24.4 Å². The molecule has 0 atom stereocenters. The first-order chi connectivity index (χ1) is 13.6. The SMILES string of the molecule is COc1cc(OC)c(Cl)c(-c2cc3cnc(N)cc3c(NCC(F)(F)F)n2)c1Cl. The van der Waals surface area contributed by atoms with E-state index >= 15 is 0 Å². The van der Waals surface area contributed by atoms with Crippen LogP contribution in [-0.2, 0) is 0 Å². The van der Waals surface area contributed by atoms with Crippen LogP contribution < -0.4 is 20.5 Å². The van der Waals surface area contributed by atoms with Crippen LogP contribution in [0.25, 0.3) is 22.0 Å². The van der Waals surface area contributed by atoms with Crippen molar-refractivity contribution in [3.8, 4) is 22.8 Å². The van der Waals surface area contributed by atoms with Gasteiger partial charge >= 0.3 is 6.18 Å². The molecule has 1 aromatic carbocycles. The van der Waals surface area contributed by atoms with Crippen LogP contribution in [0.3, 0.4) is 0 Å². The van der Waals surface area contributed by atoms with Crippen LogP contribution in [0.4, 0.5) is 24.8 Å². The smallest absolute Gasteiger partial charge is 0.405 e. The van der Waals surface area contributed by atoms with E-state index in [1.165, 1.54) is 32.5 Å². The summed E-state index contributed by atoms with van der Waals surface area (Å²) < 4.78 is 48.8. The van der Waals surface area contributed by atoms with Crippen molar-refractivity contribution in [2.45, 2.75) is 6.18 Å². The number of nitrogens with two attached hydrogens (primary N) is 1. The number of anilines is 2. The number of alkyl halides is 3. The number of pyridine rings is 2. The van der Waals surface area contributed by atoms with Crippen molar-refractivity contribution in [2.24, 2.45) is 0 Å². The highest BCUT2D eigenvalue weighted by Gasteiger charge is 2.28. The summed E-state index contributed by atoms with van der Waals surface area (Å²) in [6, 6.07) is 4.52. The lowest BCUT2D eigenvalue weighted by Crippen LogP contribution is -2.22. The Bertz CT molecular complexity index is 1050. The number of benzene rings is 1. The van der Waals surface area contributed by atoms with E-state index in [1.807, 2.05) is 0 Å². The van der Waals surface area contributed by atoms with Crippen LogP contribution in [0.2, 0.25) is 10.0 Å². The molecule has 0 aliphatic heterocycles. The summed E-state index contributed by atoms with van der Waals surface area (Å²) in [7, 11) is 2.82. The van der Waals surface area contributed by atoms with E-state index in [-0.39, 0.29) is 44.4 Å². The Labute approximate surface area is 173 Å². The average molecular weight is 447 g/mol. The molecule has 154 valence electrons. The maximum atomic E-state index is 12.8. The lowest BCUT2D eigenvalue weighted by atomic mass is 10.1. The number of hydrogen-bond acceptors (Lipinski definition) is 6. The van der Waals surface area contributed by atoms with Crippen molar-refractivity contribution >= 4 is 45.6 Å². The molecule has 3 N–H and O–H groups in total. The van der Waals surface area contributed by atoms with Crippen LogP contribution in [0.5, 0.6) is 11.5 Å². The monoisotopic (exact) mass is 446 g/mol. The third-order valence-electron chi connectivity index (χ3n) is 4.02. The molecular formula is C18H15Cl2F3N4O2. The van der Waals surface area contributed by atoms with E-state index in [2.05, 4.69) is 15.3 Å². The van der Waals surface area contributed by atoms with Crippen LogP contribution in [-0.4, -0.2) is 36.9 Å². The molecular weight excluding hydrogens is 432 g/mol. The molecule has 0 fully saturated rings. The van der Waals surface area contributed by atoms with E-state index in [4.69, 9.17) is 38.4 Å². The standard InChI is InChI=1S/C18H15Cl2F3N4O2/c1-28-11-5-12(29-2)16(20)14(15(11)19)10-3-8-6-25-13(24)4-9(8)17(27-10)26-7-18(21,22)23/h3-6H,7H2,1-2H3,(H2,24,25)(H,26,27).